The van der Waals surface area contributed by atoms with Crippen molar-refractivity contribution in [1.29, 1.82) is 0 Å². The third kappa shape index (κ3) is 6.91. The molecule has 1 amide bonds. The van der Waals surface area contributed by atoms with Gasteiger partial charge in [0.25, 0.3) is 0 Å². The standard InChI is InChI=1S/C23H34N4O4S2/c1-14(2)31-22(28)26-17-9-6-15(7-10-17)21-25-13-19(32-21)18-11-8-16(24)12-20(18)33(29,30)27-23(3,4)5/h8,11-15,17,27H,6-7,9-10,24H2,1-5H3,(H,26,28)/t15-,17-. The van der Waals surface area contributed by atoms with E-state index in [1.807, 2.05) is 13.8 Å². The summed E-state index contributed by atoms with van der Waals surface area (Å²) in [5.74, 6) is 0.282. The molecule has 1 heterocycles. The van der Waals surface area contributed by atoms with E-state index in [-0.39, 0.29) is 29.1 Å². The van der Waals surface area contributed by atoms with Crippen LogP contribution in [-0.4, -0.2) is 37.2 Å². The van der Waals surface area contributed by atoms with Crippen LogP contribution in [-0.2, 0) is 14.8 Å². The first-order valence-electron chi connectivity index (χ1n) is 11.2. The summed E-state index contributed by atoms with van der Waals surface area (Å²) in [7, 11) is -3.77. The first-order chi connectivity index (χ1) is 15.3. The lowest BCUT2D eigenvalue weighted by molar-refractivity contribution is 0.109. The topological polar surface area (TPSA) is 123 Å². The molecule has 0 aliphatic heterocycles. The van der Waals surface area contributed by atoms with Gasteiger partial charge in [-0.05, 0) is 72.4 Å². The Morgan fingerprint density at radius 3 is 2.48 bits per heavy atom. The minimum Gasteiger partial charge on any atom is -0.447 e. The molecule has 2 aromatic rings. The Bertz CT molecular complexity index is 1080. The van der Waals surface area contributed by atoms with E-state index in [1.165, 1.54) is 17.4 Å². The number of nitrogens with one attached hydrogen (secondary N) is 2. The molecule has 0 spiro atoms. The van der Waals surface area contributed by atoms with E-state index in [1.54, 1.807) is 39.1 Å². The van der Waals surface area contributed by atoms with Crippen molar-refractivity contribution in [2.45, 2.75) is 88.8 Å². The average Bonchev–Trinajstić information content (AvgIpc) is 3.16. The zero-order chi connectivity index (χ0) is 24.4. The number of amides is 1. The van der Waals surface area contributed by atoms with Gasteiger partial charge >= 0.3 is 6.09 Å². The molecule has 1 aliphatic rings. The van der Waals surface area contributed by atoms with E-state index < -0.39 is 15.6 Å². The highest BCUT2D eigenvalue weighted by molar-refractivity contribution is 7.89. The van der Waals surface area contributed by atoms with Crippen LogP contribution in [0.5, 0.6) is 0 Å². The first kappa shape index (κ1) is 25.5. The van der Waals surface area contributed by atoms with E-state index in [0.29, 0.717) is 11.3 Å². The van der Waals surface area contributed by atoms with E-state index in [2.05, 4.69) is 15.0 Å². The lowest BCUT2D eigenvalue weighted by Crippen LogP contribution is -2.40. The van der Waals surface area contributed by atoms with Gasteiger partial charge in [0.1, 0.15) is 0 Å². The molecule has 0 unspecified atom stereocenters. The molecule has 0 saturated heterocycles. The lowest BCUT2D eigenvalue weighted by atomic mass is 9.86. The second-order valence-electron chi connectivity index (χ2n) is 9.82. The van der Waals surface area contributed by atoms with Gasteiger partial charge in [-0.15, -0.1) is 11.3 Å². The molecule has 3 rings (SSSR count). The number of aromatic nitrogens is 1. The van der Waals surface area contributed by atoms with Crippen molar-refractivity contribution in [3.8, 4) is 10.4 Å². The number of nitrogens with two attached hydrogens (primary N) is 1. The van der Waals surface area contributed by atoms with E-state index in [0.717, 1.165) is 35.6 Å². The van der Waals surface area contributed by atoms with Crippen LogP contribution in [0.25, 0.3) is 10.4 Å². The highest BCUT2D eigenvalue weighted by atomic mass is 32.2. The van der Waals surface area contributed by atoms with Crippen LogP contribution in [0.1, 0.15) is 71.2 Å². The Labute approximate surface area is 200 Å². The number of hydrogen-bond donors (Lipinski definition) is 3. The lowest BCUT2D eigenvalue weighted by Gasteiger charge is -2.28. The predicted octanol–water partition coefficient (Wildman–Crippen LogP) is 4.63. The van der Waals surface area contributed by atoms with Gasteiger partial charge < -0.3 is 15.8 Å². The normalized spacial score (nSPS) is 19.5. The summed E-state index contributed by atoms with van der Waals surface area (Å²) >= 11 is 1.51. The molecule has 0 radical (unpaired) electrons. The number of alkyl carbamates (subject to hydrolysis) is 1. The van der Waals surface area contributed by atoms with Crippen molar-refractivity contribution < 1.29 is 17.9 Å². The Balaban J connectivity index is 1.75. The molecule has 1 fully saturated rings. The molecular weight excluding hydrogens is 460 g/mol. The van der Waals surface area contributed by atoms with Crippen LogP contribution in [0, 0.1) is 0 Å². The first-order valence-corrected chi connectivity index (χ1v) is 13.5. The van der Waals surface area contributed by atoms with Gasteiger partial charge in [-0.1, -0.05) is 6.07 Å². The van der Waals surface area contributed by atoms with Crippen molar-refractivity contribution in [1.82, 2.24) is 15.0 Å². The number of hydrogen-bond acceptors (Lipinski definition) is 7. The summed E-state index contributed by atoms with van der Waals surface area (Å²) in [6, 6.07) is 5.04. The van der Waals surface area contributed by atoms with Gasteiger partial charge in [-0.25, -0.2) is 22.9 Å². The second kappa shape index (κ2) is 9.99. The summed E-state index contributed by atoms with van der Waals surface area (Å²) in [6.45, 7) is 9.06. The summed E-state index contributed by atoms with van der Waals surface area (Å²) in [5.41, 5.74) is 6.28. The quantitative estimate of drug-likeness (QED) is 0.503. The number of thiazole rings is 1. The van der Waals surface area contributed by atoms with Gasteiger partial charge in [-0.3, -0.25) is 0 Å². The van der Waals surface area contributed by atoms with Gasteiger partial charge in [-0.2, -0.15) is 0 Å². The minimum absolute atomic E-state index is 0.101. The Kier molecular flexibility index (Phi) is 7.70. The van der Waals surface area contributed by atoms with E-state index in [9.17, 15) is 13.2 Å². The van der Waals surface area contributed by atoms with Crippen LogP contribution in [0.3, 0.4) is 0 Å². The summed E-state index contributed by atoms with van der Waals surface area (Å²) < 4.78 is 34.0. The highest BCUT2D eigenvalue weighted by Gasteiger charge is 2.28. The fraction of sp³-hybridized carbons (Fsp3) is 0.565. The molecule has 8 nitrogen and oxygen atoms in total. The largest absolute Gasteiger partial charge is 0.447 e. The van der Waals surface area contributed by atoms with Crippen molar-refractivity contribution in [2.24, 2.45) is 0 Å². The predicted molar refractivity (Wildman–Crippen MR) is 132 cm³/mol. The van der Waals surface area contributed by atoms with Crippen molar-refractivity contribution in [2.75, 3.05) is 5.73 Å². The molecule has 1 aromatic carbocycles. The zero-order valence-electron chi connectivity index (χ0n) is 19.8. The summed E-state index contributed by atoms with van der Waals surface area (Å²) in [4.78, 5) is 17.4. The molecule has 182 valence electrons. The minimum atomic E-state index is -3.77. The number of ether oxygens (including phenoxy) is 1. The van der Waals surface area contributed by atoms with Gasteiger partial charge in [0.15, 0.2) is 0 Å². The van der Waals surface area contributed by atoms with Gasteiger partial charge in [0.05, 0.1) is 20.9 Å². The molecule has 4 N–H and O–H groups in total. The van der Waals surface area contributed by atoms with Crippen molar-refractivity contribution in [3.05, 3.63) is 29.4 Å². The number of sulfonamides is 1. The fourth-order valence-electron chi connectivity index (χ4n) is 3.92. The number of nitrogen functional groups attached to an aromatic ring is 1. The number of benzene rings is 1. The maximum Gasteiger partial charge on any atom is 0.407 e. The van der Waals surface area contributed by atoms with Gasteiger partial charge in [0.2, 0.25) is 10.0 Å². The van der Waals surface area contributed by atoms with Gasteiger partial charge in [0, 0.05) is 34.9 Å². The van der Waals surface area contributed by atoms with Crippen LogP contribution in [0.2, 0.25) is 0 Å². The molecule has 1 saturated carbocycles. The monoisotopic (exact) mass is 494 g/mol. The Morgan fingerprint density at radius 1 is 1.21 bits per heavy atom. The van der Waals surface area contributed by atoms with Crippen molar-refractivity contribution >= 4 is 33.1 Å². The molecule has 0 atom stereocenters. The molecule has 10 heteroatoms. The number of rotatable bonds is 6. The van der Waals surface area contributed by atoms with Crippen molar-refractivity contribution in [3.63, 3.8) is 0 Å². The molecule has 33 heavy (non-hydrogen) atoms. The average molecular weight is 495 g/mol. The zero-order valence-corrected chi connectivity index (χ0v) is 21.5. The molecule has 1 aromatic heterocycles. The summed E-state index contributed by atoms with van der Waals surface area (Å²) in [6.07, 6.45) is 4.73. The number of anilines is 1. The Morgan fingerprint density at radius 2 is 1.88 bits per heavy atom. The maximum atomic E-state index is 13.1. The van der Waals surface area contributed by atoms with Crippen LogP contribution < -0.4 is 15.8 Å². The molecule has 1 aliphatic carbocycles. The van der Waals surface area contributed by atoms with E-state index >= 15 is 0 Å². The Hall–Kier alpha value is -2.17. The van der Waals surface area contributed by atoms with Crippen LogP contribution in [0.15, 0.2) is 29.3 Å². The third-order valence-corrected chi connectivity index (χ3v) is 8.26. The second-order valence-corrected chi connectivity index (χ2v) is 12.5. The molecular formula is C23H34N4O4S2. The molecule has 0 bridgehead atoms. The smallest absolute Gasteiger partial charge is 0.407 e. The number of carbonyl (C=O) groups is 1. The fourth-order valence-corrected chi connectivity index (χ4v) is 6.79. The van der Waals surface area contributed by atoms with Crippen LogP contribution in [0.4, 0.5) is 10.5 Å². The summed E-state index contributed by atoms with van der Waals surface area (Å²) in [5, 5.41) is 3.92. The number of nitrogens with zero attached hydrogens (tertiary/aromatic N) is 1. The van der Waals surface area contributed by atoms with Crippen LogP contribution >= 0.6 is 11.3 Å². The SMILES string of the molecule is CC(C)OC(=O)N[C@H]1CC[C@H](c2ncc(-c3ccc(N)cc3S(=O)(=O)NC(C)(C)C)s2)CC1. The van der Waals surface area contributed by atoms with E-state index in [4.69, 9.17) is 10.5 Å². The number of carbonyl (C=O) groups excluding carboxylic acids is 1. The third-order valence-electron chi connectivity index (χ3n) is 5.27. The highest BCUT2D eigenvalue weighted by Crippen LogP contribution is 2.39. The maximum absolute atomic E-state index is 13.1.